The predicted molar refractivity (Wildman–Crippen MR) is 64.3 cm³/mol. The summed E-state index contributed by atoms with van der Waals surface area (Å²) in [6.07, 6.45) is -3.33. The molecule has 2 N–H and O–H groups in total. The summed E-state index contributed by atoms with van der Waals surface area (Å²) in [5, 5.41) is 17.8. The van der Waals surface area contributed by atoms with Gasteiger partial charge >= 0.3 is 12.1 Å². The van der Waals surface area contributed by atoms with Gasteiger partial charge in [0.1, 0.15) is 17.9 Å². The van der Waals surface area contributed by atoms with Crippen LogP contribution in [0.3, 0.4) is 0 Å². The van der Waals surface area contributed by atoms with Crippen LogP contribution in [-0.2, 0) is 0 Å². The second kappa shape index (κ2) is 6.20. The standard InChI is InChI=1S/C10H10BrF3N2O3/c11-6-3-7(9(18)19)8(15-4-6)16(1-2-17)5-10(12,13)14/h3-4,17H,1-2,5H2,(H,18,19). The number of alkyl halides is 3. The Kier molecular flexibility index (Phi) is 5.12. The summed E-state index contributed by atoms with van der Waals surface area (Å²) in [6, 6.07) is 1.16. The Morgan fingerprint density at radius 1 is 1.47 bits per heavy atom. The Bertz CT molecular complexity index is 468. The molecule has 0 spiro atoms. The summed E-state index contributed by atoms with van der Waals surface area (Å²) >= 11 is 3.00. The van der Waals surface area contributed by atoms with Gasteiger partial charge in [-0.1, -0.05) is 0 Å². The van der Waals surface area contributed by atoms with Gasteiger partial charge < -0.3 is 15.1 Å². The van der Waals surface area contributed by atoms with Crippen LogP contribution in [0.25, 0.3) is 0 Å². The summed E-state index contributed by atoms with van der Waals surface area (Å²) in [7, 11) is 0. The molecule has 1 aromatic heterocycles. The number of aromatic nitrogens is 1. The molecule has 1 rings (SSSR count). The number of carboxylic acids is 1. The number of carbonyl (C=O) groups is 1. The topological polar surface area (TPSA) is 73.7 Å². The first-order valence-electron chi connectivity index (χ1n) is 5.06. The Balaban J connectivity index is 3.18. The molecule has 0 aliphatic carbocycles. The van der Waals surface area contributed by atoms with E-state index in [0.29, 0.717) is 9.37 Å². The largest absolute Gasteiger partial charge is 0.478 e. The van der Waals surface area contributed by atoms with Gasteiger partial charge in [-0.3, -0.25) is 0 Å². The third-order valence-electron chi connectivity index (χ3n) is 2.10. The van der Waals surface area contributed by atoms with E-state index < -0.39 is 25.3 Å². The minimum absolute atomic E-state index is 0.331. The van der Waals surface area contributed by atoms with Crippen LogP contribution < -0.4 is 4.90 Å². The lowest BCUT2D eigenvalue weighted by Gasteiger charge is -2.25. The molecule has 9 heteroatoms. The molecule has 5 nitrogen and oxygen atoms in total. The SMILES string of the molecule is O=C(O)c1cc(Br)cnc1N(CCO)CC(F)(F)F. The molecule has 0 amide bonds. The second-order valence-corrected chi connectivity index (χ2v) is 4.51. The number of nitrogens with zero attached hydrogens (tertiary/aromatic N) is 2. The van der Waals surface area contributed by atoms with Crippen molar-refractivity contribution in [1.29, 1.82) is 0 Å². The summed E-state index contributed by atoms with van der Waals surface area (Å²) in [4.78, 5) is 15.4. The molecule has 0 radical (unpaired) electrons. The molecule has 19 heavy (non-hydrogen) atoms. The third-order valence-corrected chi connectivity index (χ3v) is 2.54. The van der Waals surface area contributed by atoms with Gasteiger partial charge in [0.2, 0.25) is 0 Å². The fourth-order valence-electron chi connectivity index (χ4n) is 1.44. The Morgan fingerprint density at radius 2 is 2.11 bits per heavy atom. The van der Waals surface area contributed by atoms with E-state index in [1.165, 1.54) is 6.20 Å². The molecular formula is C10H10BrF3N2O3. The monoisotopic (exact) mass is 342 g/mol. The van der Waals surface area contributed by atoms with E-state index in [9.17, 15) is 18.0 Å². The zero-order valence-electron chi connectivity index (χ0n) is 9.48. The van der Waals surface area contributed by atoms with Crippen molar-refractivity contribution in [1.82, 2.24) is 4.98 Å². The maximum atomic E-state index is 12.4. The molecular weight excluding hydrogens is 333 g/mol. The number of anilines is 1. The number of rotatable bonds is 5. The van der Waals surface area contributed by atoms with Crippen molar-refractivity contribution >= 4 is 27.7 Å². The van der Waals surface area contributed by atoms with Crippen molar-refractivity contribution in [3.8, 4) is 0 Å². The Hall–Kier alpha value is -1.35. The van der Waals surface area contributed by atoms with Crippen molar-refractivity contribution < 1.29 is 28.2 Å². The van der Waals surface area contributed by atoms with E-state index in [0.717, 1.165) is 6.07 Å². The molecule has 0 unspecified atom stereocenters. The van der Waals surface area contributed by atoms with Crippen LogP contribution in [0.1, 0.15) is 10.4 Å². The second-order valence-electron chi connectivity index (χ2n) is 3.59. The van der Waals surface area contributed by atoms with Gasteiger partial charge in [-0.15, -0.1) is 0 Å². The van der Waals surface area contributed by atoms with Crippen LogP contribution in [0.2, 0.25) is 0 Å². The molecule has 1 aromatic rings. The average Bonchev–Trinajstić information content (AvgIpc) is 2.26. The normalized spacial score (nSPS) is 11.4. The molecule has 0 fully saturated rings. The first-order chi connectivity index (χ1) is 8.74. The highest BCUT2D eigenvalue weighted by molar-refractivity contribution is 9.10. The number of aromatic carboxylic acids is 1. The number of hydrogen-bond acceptors (Lipinski definition) is 4. The molecule has 0 aromatic carbocycles. The number of aliphatic hydroxyl groups excluding tert-OH is 1. The first kappa shape index (κ1) is 15.7. The summed E-state index contributed by atoms with van der Waals surface area (Å²) in [6.45, 7) is -2.30. The Labute approximate surface area is 114 Å². The van der Waals surface area contributed by atoms with E-state index in [2.05, 4.69) is 20.9 Å². The molecule has 0 aliphatic rings. The number of carboxylic acid groups (broad SMARTS) is 1. The lowest BCUT2D eigenvalue weighted by atomic mass is 10.2. The van der Waals surface area contributed by atoms with Crippen LogP contribution in [0, 0.1) is 0 Å². The van der Waals surface area contributed by atoms with E-state index in [4.69, 9.17) is 10.2 Å². The van der Waals surface area contributed by atoms with Gasteiger partial charge in [0.25, 0.3) is 0 Å². The fourth-order valence-corrected chi connectivity index (χ4v) is 1.77. The van der Waals surface area contributed by atoms with E-state index in [-0.39, 0.29) is 17.9 Å². The number of pyridine rings is 1. The number of aliphatic hydroxyl groups is 1. The van der Waals surface area contributed by atoms with Gasteiger partial charge in [0, 0.05) is 17.2 Å². The van der Waals surface area contributed by atoms with Crippen LogP contribution >= 0.6 is 15.9 Å². The van der Waals surface area contributed by atoms with E-state index in [1.54, 1.807) is 0 Å². The van der Waals surface area contributed by atoms with Crippen molar-refractivity contribution in [2.75, 3.05) is 24.6 Å². The highest BCUT2D eigenvalue weighted by Crippen LogP contribution is 2.25. The predicted octanol–water partition coefficient (Wildman–Crippen LogP) is 1.90. The highest BCUT2D eigenvalue weighted by Gasteiger charge is 2.32. The van der Waals surface area contributed by atoms with E-state index >= 15 is 0 Å². The molecule has 0 atom stereocenters. The maximum absolute atomic E-state index is 12.4. The van der Waals surface area contributed by atoms with Crippen LogP contribution in [-0.4, -0.2) is 47.0 Å². The molecule has 0 saturated heterocycles. The van der Waals surface area contributed by atoms with Crippen LogP contribution in [0.5, 0.6) is 0 Å². The Morgan fingerprint density at radius 3 is 2.58 bits per heavy atom. The first-order valence-corrected chi connectivity index (χ1v) is 5.85. The molecule has 0 bridgehead atoms. The average molecular weight is 343 g/mol. The summed E-state index contributed by atoms with van der Waals surface area (Å²) < 4.78 is 37.6. The van der Waals surface area contributed by atoms with E-state index in [1.807, 2.05) is 0 Å². The quantitative estimate of drug-likeness (QED) is 0.854. The van der Waals surface area contributed by atoms with Gasteiger partial charge in [0.15, 0.2) is 0 Å². The van der Waals surface area contributed by atoms with Gasteiger partial charge in [-0.2, -0.15) is 13.2 Å². The lowest BCUT2D eigenvalue weighted by molar-refractivity contribution is -0.120. The number of hydrogen-bond donors (Lipinski definition) is 2. The fraction of sp³-hybridized carbons (Fsp3) is 0.400. The molecule has 1 heterocycles. The summed E-state index contributed by atoms with van der Waals surface area (Å²) in [5.41, 5.74) is -0.368. The van der Waals surface area contributed by atoms with Crippen molar-refractivity contribution in [2.45, 2.75) is 6.18 Å². The lowest BCUT2D eigenvalue weighted by Crippen LogP contribution is -2.37. The van der Waals surface area contributed by atoms with Crippen molar-refractivity contribution in [2.24, 2.45) is 0 Å². The minimum Gasteiger partial charge on any atom is -0.478 e. The van der Waals surface area contributed by atoms with Crippen LogP contribution in [0.15, 0.2) is 16.7 Å². The maximum Gasteiger partial charge on any atom is 0.405 e. The van der Waals surface area contributed by atoms with Gasteiger partial charge in [0.05, 0.1) is 6.61 Å². The smallest absolute Gasteiger partial charge is 0.405 e. The molecule has 0 saturated carbocycles. The van der Waals surface area contributed by atoms with Gasteiger partial charge in [-0.05, 0) is 22.0 Å². The van der Waals surface area contributed by atoms with Crippen molar-refractivity contribution in [3.63, 3.8) is 0 Å². The zero-order chi connectivity index (χ0) is 14.6. The highest BCUT2D eigenvalue weighted by atomic mass is 79.9. The molecule has 0 aliphatic heterocycles. The minimum atomic E-state index is -4.53. The molecule has 106 valence electrons. The number of halogens is 4. The zero-order valence-corrected chi connectivity index (χ0v) is 11.1. The van der Waals surface area contributed by atoms with Gasteiger partial charge in [-0.25, -0.2) is 9.78 Å². The van der Waals surface area contributed by atoms with Crippen molar-refractivity contribution in [3.05, 3.63) is 22.3 Å². The summed E-state index contributed by atoms with van der Waals surface area (Å²) in [5.74, 6) is -1.73. The van der Waals surface area contributed by atoms with Crippen LogP contribution in [0.4, 0.5) is 19.0 Å². The third kappa shape index (κ3) is 4.67.